The number of carbonyl (C=O) groups excluding carboxylic acids is 1. The van der Waals surface area contributed by atoms with E-state index in [2.05, 4.69) is 8.81 Å². The molecule has 0 aliphatic carbocycles. The first-order valence-electron chi connectivity index (χ1n) is 0.901. The number of rotatable bonds is 0. The van der Waals surface area contributed by atoms with E-state index in [0.717, 1.165) is 0 Å². The van der Waals surface area contributed by atoms with E-state index in [1.165, 1.54) is 0 Å². The van der Waals surface area contributed by atoms with Crippen LogP contribution in [-0.4, -0.2) is 29.0 Å². The minimum atomic E-state index is -0.705. The molecule has 0 atom stereocenters. The van der Waals surface area contributed by atoms with E-state index in [9.17, 15) is 4.79 Å². The van der Waals surface area contributed by atoms with Crippen LogP contribution in [0.2, 0.25) is 0 Å². The molecule has 4 heteroatoms. The van der Waals surface area contributed by atoms with Crippen LogP contribution in [0, 0.1) is 0 Å². The van der Waals surface area contributed by atoms with Crippen molar-refractivity contribution in [3.8, 4) is 0 Å². The van der Waals surface area contributed by atoms with Crippen molar-refractivity contribution in [2.75, 3.05) is 0 Å². The molecule has 0 saturated carbocycles. The fraction of sp³-hybridized carbons (Fsp3) is 0. The van der Waals surface area contributed by atoms with Crippen molar-refractivity contribution in [2.24, 2.45) is 5.73 Å². The molecule has 0 aliphatic heterocycles. The third-order valence-electron chi connectivity index (χ3n) is 0.101. The summed E-state index contributed by atoms with van der Waals surface area (Å²) in [4.78, 5) is 9.39. The predicted octanol–water partition coefficient (Wildman–Crippen LogP) is -0.835. The zero-order valence-corrected chi connectivity index (χ0v) is 5.25. The molecule has 0 aromatic carbocycles. The summed E-state index contributed by atoms with van der Waals surface area (Å²) >= 11 is 0.690. The summed E-state index contributed by atoms with van der Waals surface area (Å²) < 4.78 is 3.98. The van der Waals surface area contributed by atoms with Crippen LogP contribution < -0.4 is 5.73 Å². The summed E-state index contributed by atoms with van der Waals surface area (Å²) in [6.07, 6.45) is -0.705. The maximum atomic E-state index is 9.39. The monoisotopic (exact) mass is 180 g/mol. The Morgan fingerprint density at radius 1 is 2.00 bits per heavy atom. The van der Waals surface area contributed by atoms with E-state index in [1.54, 1.807) is 0 Å². The molecule has 3 nitrogen and oxygen atoms in total. The first-order chi connectivity index (χ1) is 2.27. The van der Waals surface area contributed by atoms with Gasteiger partial charge >= 0.3 is 42.6 Å². The van der Waals surface area contributed by atoms with E-state index in [4.69, 9.17) is 0 Å². The van der Waals surface area contributed by atoms with Gasteiger partial charge in [-0.15, -0.1) is 0 Å². The van der Waals surface area contributed by atoms with Gasteiger partial charge in [-0.1, -0.05) is 0 Å². The number of primary amides is 1. The van der Waals surface area contributed by atoms with Crippen molar-refractivity contribution in [3.63, 3.8) is 0 Å². The second-order valence-corrected chi connectivity index (χ2v) is 1.00. The molecule has 27 valence electrons. The van der Waals surface area contributed by atoms with Crippen LogP contribution in [0.5, 0.6) is 0 Å². The van der Waals surface area contributed by atoms with Gasteiger partial charge in [-0.2, -0.15) is 0 Å². The van der Waals surface area contributed by atoms with Crippen LogP contribution in [-0.2, 0) is 3.07 Å². The van der Waals surface area contributed by atoms with E-state index in [0.29, 0.717) is 22.9 Å². The molecule has 1 amide bonds. The number of carbonyl (C=O) groups is 1. The number of amides is 1. The van der Waals surface area contributed by atoms with Crippen molar-refractivity contribution in [1.29, 1.82) is 0 Å². The van der Waals surface area contributed by atoms with Gasteiger partial charge in [0.05, 0.1) is 0 Å². The Morgan fingerprint density at radius 2 is 2.20 bits per heavy atom. The van der Waals surface area contributed by atoms with Crippen molar-refractivity contribution in [1.82, 2.24) is 0 Å². The first-order valence-corrected chi connectivity index (χ1v) is 2.07. The zero-order chi connectivity index (χ0) is 4.28. The molecule has 0 aromatic heterocycles. The van der Waals surface area contributed by atoms with Crippen molar-refractivity contribution in [2.45, 2.75) is 0 Å². The second-order valence-electron chi connectivity index (χ2n) is 0.421. The van der Waals surface area contributed by atoms with Crippen LogP contribution in [0.1, 0.15) is 0 Å². The second kappa shape index (κ2) is 2.31. The molecule has 0 aromatic rings. The number of hydrogen-bond acceptors (Lipinski definition) is 2. The Hall–Kier alpha value is 0.0687. The van der Waals surface area contributed by atoms with Gasteiger partial charge in [0.2, 0.25) is 0 Å². The average molecular weight is 179 g/mol. The standard InChI is InChI=1S/CH3NO2.Sn/c2-1(3)4;/h2H2,(H,3,4);/q;+1/p-1. The van der Waals surface area contributed by atoms with Crippen LogP contribution in [0.3, 0.4) is 0 Å². The molecule has 0 aliphatic rings. The van der Waals surface area contributed by atoms with E-state index >= 15 is 0 Å². The van der Waals surface area contributed by atoms with Crippen LogP contribution in [0.15, 0.2) is 0 Å². The maximum absolute atomic E-state index is 9.39. The molecule has 0 heterocycles. The molecular weight excluding hydrogens is 177 g/mol. The molecule has 0 rings (SSSR count). The molecule has 0 spiro atoms. The molecular formula is CH2NO2Sn. The topological polar surface area (TPSA) is 52.3 Å². The zero-order valence-electron chi connectivity index (χ0n) is 2.39. The van der Waals surface area contributed by atoms with Crippen molar-refractivity contribution < 1.29 is 7.87 Å². The first kappa shape index (κ1) is 5.07. The Labute approximate surface area is 43.1 Å². The van der Waals surface area contributed by atoms with Gasteiger partial charge in [-0.25, -0.2) is 0 Å². The van der Waals surface area contributed by atoms with Gasteiger partial charge in [0, 0.05) is 0 Å². The molecule has 0 unspecified atom stereocenters. The fourth-order valence-electron chi connectivity index (χ4n) is 0. The molecule has 0 fully saturated rings. The van der Waals surface area contributed by atoms with Gasteiger partial charge in [0.15, 0.2) is 0 Å². The third-order valence-corrected chi connectivity index (χ3v) is 0.675. The molecule has 0 bridgehead atoms. The summed E-state index contributed by atoms with van der Waals surface area (Å²) in [7, 11) is 0. The van der Waals surface area contributed by atoms with Crippen LogP contribution >= 0.6 is 0 Å². The molecule has 5 heavy (non-hydrogen) atoms. The van der Waals surface area contributed by atoms with Gasteiger partial charge in [-0.05, 0) is 0 Å². The SMILES string of the molecule is NC(=O)[O][Sn]. The van der Waals surface area contributed by atoms with Crippen molar-refractivity contribution in [3.05, 3.63) is 0 Å². The molecule has 2 N–H and O–H groups in total. The summed E-state index contributed by atoms with van der Waals surface area (Å²) in [5, 5.41) is 0. The third kappa shape index (κ3) is 4.07. The Kier molecular flexibility index (Phi) is 2.35. The van der Waals surface area contributed by atoms with Gasteiger partial charge in [0.25, 0.3) is 0 Å². The predicted molar refractivity (Wildman–Crippen MR) is 16.4 cm³/mol. The molecule has 3 radical (unpaired) electrons. The molecule has 0 saturated heterocycles. The summed E-state index contributed by atoms with van der Waals surface area (Å²) in [5.74, 6) is 0. The van der Waals surface area contributed by atoms with Crippen LogP contribution in [0.4, 0.5) is 4.79 Å². The number of hydrogen-bond donors (Lipinski definition) is 1. The Bertz CT molecular complexity index is 44.9. The number of nitrogens with two attached hydrogens (primary N) is 1. The van der Waals surface area contributed by atoms with Crippen molar-refractivity contribution >= 4 is 29.0 Å². The summed E-state index contributed by atoms with van der Waals surface area (Å²) in [5.41, 5.74) is 4.45. The fourth-order valence-corrected chi connectivity index (χ4v) is 0. The van der Waals surface area contributed by atoms with E-state index in [-0.39, 0.29) is 0 Å². The summed E-state index contributed by atoms with van der Waals surface area (Å²) in [6, 6.07) is 0. The van der Waals surface area contributed by atoms with E-state index in [1.807, 2.05) is 0 Å². The van der Waals surface area contributed by atoms with Gasteiger partial charge in [-0.3, -0.25) is 0 Å². The van der Waals surface area contributed by atoms with E-state index < -0.39 is 6.09 Å². The normalized spacial score (nSPS) is 6.60. The average Bonchev–Trinajstić information content (AvgIpc) is 1.38. The Balaban J connectivity index is 2.85. The Morgan fingerprint density at radius 3 is 2.20 bits per heavy atom. The van der Waals surface area contributed by atoms with Gasteiger partial charge < -0.3 is 0 Å². The minimum absolute atomic E-state index is 0.690. The summed E-state index contributed by atoms with van der Waals surface area (Å²) in [6.45, 7) is 0. The quantitative estimate of drug-likeness (QED) is 0.493. The van der Waals surface area contributed by atoms with Crippen LogP contribution in [0.25, 0.3) is 0 Å². The van der Waals surface area contributed by atoms with Gasteiger partial charge in [0.1, 0.15) is 0 Å².